The average molecular weight is 222 g/mol. The third-order valence-electron chi connectivity index (χ3n) is 3.38. The van der Waals surface area contributed by atoms with Gasteiger partial charge in [0.2, 0.25) is 0 Å². The number of carbonyl (C=O) groups excluding carboxylic acids is 1. The molecular formula is C10H14N4O2. The topological polar surface area (TPSA) is 71.1 Å². The van der Waals surface area contributed by atoms with Crippen LogP contribution < -0.4 is 0 Å². The van der Waals surface area contributed by atoms with Crippen LogP contribution in [-0.2, 0) is 4.74 Å². The summed E-state index contributed by atoms with van der Waals surface area (Å²) in [6, 6.07) is 0. The van der Waals surface area contributed by atoms with Crippen molar-refractivity contribution in [1.29, 1.82) is 0 Å². The number of hydrogen-bond donors (Lipinski definition) is 1. The van der Waals surface area contributed by atoms with E-state index in [4.69, 9.17) is 4.74 Å². The Morgan fingerprint density at radius 2 is 2.44 bits per heavy atom. The van der Waals surface area contributed by atoms with E-state index in [2.05, 4.69) is 15.4 Å². The van der Waals surface area contributed by atoms with Crippen LogP contribution in [0, 0.1) is 5.41 Å². The molecule has 1 N–H and O–H groups in total. The summed E-state index contributed by atoms with van der Waals surface area (Å²) in [7, 11) is 0. The van der Waals surface area contributed by atoms with E-state index in [0.29, 0.717) is 5.69 Å². The predicted molar refractivity (Wildman–Crippen MR) is 54.8 cm³/mol. The molecule has 0 aliphatic carbocycles. The third kappa shape index (κ3) is 1.49. The monoisotopic (exact) mass is 222 g/mol. The highest BCUT2D eigenvalue weighted by Crippen LogP contribution is 2.38. The SMILES string of the molecule is O=C(c1cn[nH]n1)N1CC2(CCCOC2)C1. The second kappa shape index (κ2) is 3.55. The zero-order chi connectivity index (χ0) is 11.0. The molecule has 0 aromatic carbocycles. The van der Waals surface area contributed by atoms with E-state index in [1.165, 1.54) is 6.20 Å². The molecule has 0 bridgehead atoms. The highest BCUT2D eigenvalue weighted by atomic mass is 16.5. The first-order chi connectivity index (χ1) is 7.79. The Balaban J connectivity index is 1.62. The summed E-state index contributed by atoms with van der Waals surface area (Å²) in [5.74, 6) is -0.0371. The predicted octanol–water partition coefficient (Wildman–Crippen LogP) is 0.0573. The van der Waals surface area contributed by atoms with E-state index in [-0.39, 0.29) is 11.3 Å². The number of H-pyrrole nitrogens is 1. The van der Waals surface area contributed by atoms with Crippen molar-refractivity contribution in [2.24, 2.45) is 5.41 Å². The lowest BCUT2D eigenvalue weighted by Gasteiger charge is -2.51. The number of ether oxygens (including phenoxy) is 1. The van der Waals surface area contributed by atoms with Crippen molar-refractivity contribution in [3.05, 3.63) is 11.9 Å². The minimum Gasteiger partial charge on any atom is -0.381 e. The van der Waals surface area contributed by atoms with Gasteiger partial charge in [0.25, 0.3) is 5.91 Å². The molecule has 3 heterocycles. The van der Waals surface area contributed by atoms with Crippen LogP contribution in [0.5, 0.6) is 0 Å². The summed E-state index contributed by atoms with van der Waals surface area (Å²) in [5.41, 5.74) is 0.615. The standard InChI is InChI=1S/C10H14N4O2/c15-9(8-4-11-13-12-8)14-5-10(6-14)2-1-3-16-7-10/h4H,1-3,5-7H2,(H,11,12,13). The summed E-state index contributed by atoms with van der Waals surface area (Å²) < 4.78 is 5.47. The second-order valence-corrected chi connectivity index (χ2v) is 4.67. The highest BCUT2D eigenvalue weighted by Gasteiger charge is 2.46. The molecule has 0 atom stereocenters. The average Bonchev–Trinajstić information content (AvgIpc) is 2.79. The first kappa shape index (κ1) is 9.77. The Morgan fingerprint density at radius 1 is 1.56 bits per heavy atom. The fourth-order valence-electron chi connectivity index (χ4n) is 2.53. The van der Waals surface area contributed by atoms with Crippen LogP contribution in [-0.4, -0.2) is 52.5 Å². The number of likely N-dealkylation sites (tertiary alicyclic amines) is 1. The summed E-state index contributed by atoms with van der Waals surface area (Å²) in [6.07, 6.45) is 3.73. The molecule has 86 valence electrons. The van der Waals surface area contributed by atoms with Crippen LogP contribution in [0.15, 0.2) is 6.20 Å². The summed E-state index contributed by atoms with van der Waals surface area (Å²) in [5, 5.41) is 9.89. The number of hydrogen-bond acceptors (Lipinski definition) is 4. The fraction of sp³-hybridized carbons (Fsp3) is 0.700. The zero-order valence-corrected chi connectivity index (χ0v) is 8.98. The van der Waals surface area contributed by atoms with Gasteiger partial charge in [-0.1, -0.05) is 0 Å². The van der Waals surface area contributed by atoms with E-state index >= 15 is 0 Å². The summed E-state index contributed by atoms with van der Waals surface area (Å²) in [6.45, 7) is 3.23. The van der Waals surface area contributed by atoms with Crippen LogP contribution in [0.2, 0.25) is 0 Å². The van der Waals surface area contributed by atoms with Gasteiger partial charge in [0, 0.05) is 25.1 Å². The largest absolute Gasteiger partial charge is 0.381 e. The number of nitrogens with zero attached hydrogens (tertiary/aromatic N) is 3. The van der Waals surface area contributed by atoms with Gasteiger partial charge in [-0.15, -0.1) is 0 Å². The molecule has 1 spiro atoms. The smallest absolute Gasteiger partial charge is 0.276 e. The molecule has 0 saturated carbocycles. The molecule has 0 radical (unpaired) electrons. The molecule has 1 amide bonds. The second-order valence-electron chi connectivity index (χ2n) is 4.67. The van der Waals surface area contributed by atoms with Gasteiger partial charge in [-0.25, -0.2) is 0 Å². The third-order valence-corrected chi connectivity index (χ3v) is 3.38. The molecule has 1 aromatic heterocycles. The van der Waals surface area contributed by atoms with E-state index in [0.717, 1.165) is 39.1 Å². The van der Waals surface area contributed by atoms with Crippen molar-refractivity contribution >= 4 is 5.91 Å². The van der Waals surface area contributed by atoms with E-state index < -0.39 is 0 Å². The molecule has 2 aliphatic rings. The molecule has 3 rings (SSSR count). The molecule has 0 unspecified atom stereocenters. The molecule has 6 nitrogen and oxygen atoms in total. The van der Waals surface area contributed by atoms with Gasteiger partial charge in [0.1, 0.15) is 0 Å². The Bertz CT molecular complexity index is 376. The van der Waals surface area contributed by atoms with E-state index in [1.54, 1.807) is 0 Å². The fourth-order valence-corrected chi connectivity index (χ4v) is 2.53. The molecule has 6 heteroatoms. The maximum absolute atomic E-state index is 11.9. The Labute approximate surface area is 93.0 Å². The van der Waals surface area contributed by atoms with Crippen LogP contribution >= 0.6 is 0 Å². The van der Waals surface area contributed by atoms with Gasteiger partial charge in [-0.05, 0) is 12.8 Å². The van der Waals surface area contributed by atoms with Crippen molar-refractivity contribution in [2.45, 2.75) is 12.8 Å². The number of rotatable bonds is 1. The van der Waals surface area contributed by atoms with Crippen LogP contribution in [0.1, 0.15) is 23.3 Å². The van der Waals surface area contributed by atoms with Crippen LogP contribution in [0.3, 0.4) is 0 Å². The van der Waals surface area contributed by atoms with Crippen molar-refractivity contribution in [3.8, 4) is 0 Å². The van der Waals surface area contributed by atoms with Crippen molar-refractivity contribution in [1.82, 2.24) is 20.3 Å². The molecule has 2 saturated heterocycles. The molecule has 2 aliphatic heterocycles. The minimum atomic E-state index is -0.0371. The number of amides is 1. The van der Waals surface area contributed by atoms with Crippen molar-refractivity contribution in [2.75, 3.05) is 26.3 Å². The minimum absolute atomic E-state index is 0.0371. The maximum atomic E-state index is 11.9. The quantitative estimate of drug-likeness (QED) is 0.729. The van der Waals surface area contributed by atoms with Crippen LogP contribution in [0.25, 0.3) is 0 Å². The van der Waals surface area contributed by atoms with Crippen molar-refractivity contribution in [3.63, 3.8) is 0 Å². The molecular weight excluding hydrogens is 208 g/mol. The number of nitrogens with one attached hydrogen (secondary N) is 1. The number of carbonyl (C=O) groups is 1. The van der Waals surface area contributed by atoms with E-state index in [9.17, 15) is 4.79 Å². The zero-order valence-electron chi connectivity index (χ0n) is 8.98. The Kier molecular flexibility index (Phi) is 2.17. The molecule has 1 aromatic rings. The lowest BCUT2D eigenvalue weighted by atomic mass is 9.75. The van der Waals surface area contributed by atoms with E-state index in [1.807, 2.05) is 4.90 Å². The maximum Gasteiger partial charge on any atom is 0.276 e. The number of aromatic amines is 1. The summed E-state index contributed by atoms with van der Waals surface area (Å²) >= 11 is 0. The summed E-state index contributed by atoms with van der Waals surface area (Å²) in [4.78, 5) is 13.7. The van der Waals surface area contributed by atoms with Gasteiger partial charge in [0.15, 0.2) is 5.69 Å². The number of aromatic nitrogens is 3. The normalized spacial score (nSPS) is 23.1. The lowest BCUT2D eigenvalue weighted by Crippen LogP contribution is -2.61. The Morgan fingerprint density at radius 3 is 3.06 bits per heavy atom. The van der Waals surface area contributed by atoms with Crippen LogP contribution in [0.4, 0.5) is 0 Å². The Hall–Kier alpha value is -1.43. The molecule has 2 fully saturated rings. The molecule has 16 heavy (non-hydrogen) atoms. The lowest BCUT2D eigenvalue weighted by molar-refractivity contribution is -0.0864. The van der Waals surface area contributed by atoms with Gasteiger partial charge in [-0.3, -0.25) is 4.79 Å². The van der Waals surface area contributed by atoms with Gasteiger partial charge in [-0.2, -0.15) is 15.4 Å². The van der Waals surface area contributed by atoms with Gasteiger partial charge >= 0.3 is 0 Å². The highest BCUT2D eigenvalue weighted by molar-refractivity contribution is 5.92. The first-order valence-electron chi connectivity index (χ1n) is 5.52. The first-order valence-corrected chi connectivity index (χ1v) is 5.52. The van der Waals surface area contributed by atoms with Gasteiger partial charge < -0.3 is 9.64 Å². The van der Waals surface area contributed by atoms with Crippen molar-refractivity contribution < 1.29 is 9.53 Å². The van der Waals surface area contributed by atoms with Gasteiger partial charge in [0.05, 0.1) is 12.8 Å².